The van der Waals surface area contributed by atoms with E-state index in [2.05, 4.69) is 0 Å². The van der Waals surface area contributed by atoms with Crippen LogP contribution in [-0.2, 0) is 16.0 Å². The van der Waals surface area contributed by atoms with Crippen molar-refractivity contribution in [2.45, 2.75) is 12.5 Å². The number of ether oxygens (including phenoxy) is 1. The van der Waals surface area contributed by atoms with Crippen LogP contribution >= 0.6 is 0 Å². The predicted octanol–water partition coefficient (Wildman–Crippen LogP) is 4.56. The SMILES string of the molecule is O=C(Cc1ccccc1)OC(c1ccccc1)c1ccccc1. The van der Waals surface area contributed by atoms with Crippen molar-refractivity contribution in [3.63, 3.8) is 0 Å². The highest BCUT2D eigenvalue weighted by Crippen LogP contribution is 2.26. The number of rotatable bonds is 5. The lowest BCUT2D eigenvalue weighted by Gasteiger charge is -2.19. The van der Waals surface area contributed by atoms with Gasteiger partial charge in [-0.25, -0.2) is 0 Å². The fourth-order valence-corrected chi connectivity index (χ4v) is 2.52. The summed E-state index contributed by atoms with van der Waals surface area (Å²) in [5, 5.41) is 0. The van der Waals surface area contributed by atoms with Gasteiger partial charge < -0.3 is 4.74 Å². The summed E-state index contributed by atoms with van der Waals surface area (Å²) in [5.41, 5.74) is 2.90. The monoisotopic (exact) mass is 302 g/mol. The fraction of sp³-hybridized carbons (Fsp3) is 0.0952. The lowest BCUT2D eigenvalue weighted by atomic mass is 10.0. The van der Waals surface area contributed by atoms with Crippen molar-refractivity contribution >= 4 is 5.97 Å². The highest BCUT2D eigenvalue weighted by Gasteiger charge is 2.18. The van der Waals surface area contributed by atoms with Crippen LogP contribution in [0.3, 0.4) is 0 Å². The molecule has 0 radical (unpaired) electrons. The van der Waals surface area contributed by atoms with Gasteiger partial charge in [0.05, 0.1) is 6.42 Å². The molecule has 0 amide bonds. The summed E-state index contributed by atoms with van der Waals surface area (Å²) in [6.45, 7) is 0. The summed E-state index contributed by atoms with van der Waals surface area (Å²) in [6, 6.07) is 29.3. The van der Waals surface area contributed by atoms with E-state index in [9.17, 15) is 4.79 Å². The van der Waals surface area contributed by atoms with Gasteiger partial charge in [0.25, 0.3) is 0 Å². The molecule has 114 valence electrons. The van der Waals surface area contributed by atoms with Crippen molar-refractivity contribution in [3.05, 3.63) is 108 Å². The largest absolute Gasteiger partial charge is 0.452 e. The smallest absolute Gasteiger partial charge is 0.311 e. The Labute approximate surface area is 136 Å². The van der Waals surface area contributed by atoms with Crippen LogP contribution in [0.2, 0.25) is 0 Å². The van der Waals surface area contributed by atoms with Gasteiger partial charge in [-0.15, -0.1) is 0 Å². The third-order valence-corrected chi connectivity index (χ3v) is 3.65. The Hall–Kier alpha value is -2.87. The van der Waals surface area contributed by atoms with Gasteiger partial charge in [-0.2, -0.15) is 0 Å². The summed E-state index contributed by atoms with van der Waals surface area (Å²) >= 11 is 0. The van der Waals surface area contributed by atoms with E-state index < -0.39 is 0 Å². The van der Waals surface area contributed by atoms with Crippen LogP contribution in [-0.4, -0.2) is 5.97 Å². The molecule has 0 saturated carbocycles. The highest BCUT2D eigenvalue weighted by molar-refractivity contribution is 5.73. The van der Waals surface area contributed by atoms with Gasteiger partial charge in [-0.1, -0.05) is 91.0 Å². The Kier molecular flexibility index (Phi) is 4.85. The molecule has 3 aromatic carbocycles. The molecule has 0 atom stereocenters. The molecule has 0 N–H and O–H groups in total. The quantitative estimate of drug-likeness (QED) is 0.646. The maximum atomic E-state index is 12.3. The van der Waals surface area contributed by atoms with Gasteiger partial charge in [-0.05, 0) is 16.7 Å². The number of esters is 1. The second kappa shape index (κ2) is 7.41. The molecule has 0 heterocycles. The number of hydrogen-bond acceptors (Lipinski definition) is 2. The van der Waals surface area contributed by atoms with Gasteiger partial charge in [0, 0.05) is 0 Å². The van der Waals surface area contributed by atoms with Crippen molar-refractivity contribution in [2.75, 3.05) is 0 Å². The fourth-order valence-electron chi connectivity index (χ4n) is 2.52. The minimum absolute atomic E-state index is 0.228. The van der Waals surface area contributed by atoms with Crippen LogP contribution in [0.4, 0.5) is 0 Å². The maximum Gasteiger partial charge on any atom is 0.311 e. The van der Waals surface area contributed by atoms with Crippen molar-refractivity contribution in [1.82, 2.24) is 0 Å². The normalized spacial score (nSPS) is 10.5. The topological polar surface area (TPSA) is 26.3 Å². The second-order valence-electron chi connectivity index (χ2n) is 5.35. The second-order valence-corrected chi connectivity index (χ2v) is 5.35. The van der Waals surface area contributed by atoms with Crippen LogP contribution in [0.15, 0.2) is 91.0 Å². The molecule has 2 nitrogen and oxygen atoms in total. The summed E-state index contributed by atoms with van der Waals surface area (Å²) in [5.74, 6) is -0.228. The van der Waals surface area contributed by atoms with Crippen molar-refractivity contribution < 1.29 is 9.53 Å². The first kappa shape index (κ1) is 15.0. The Balaban J connectivity index is 1.81. The molecule has 0 aromatic heterocycles. The molecule has 0 aliphatic carbocycles. The standard InChI is InChI=1S/C21H18O2/c22-20(16-17-10-4-1-5-11-17)23-21(18-12-6-2-7-13-18)19-14-8-3-9-15-19/h1-15,21H,16H2. The van der Waals surface area contributed by atoms with E-state index in [0.29, 0.717) is 0 Å². The van der Waals surface area contributed by atoms with E-state index in [1.165, 1.54) is 0 Å². The molecule has 0 unspecified atom stereocenters. The van der Waals surface area contributed by atoms with Crippen LogP contribution < -0.4 is 0 Å². The number of carbonyl (C=O) groups is 1. The molecule has 2 heteroatoms. The maximum absolute atomic E-state index is 12.3. The summed E-state index contributed by atoms with van der Waals surface area (Å²) < 4.78 is 5.79. The lowest BCUT2D eigenvalue weighted by molar-refractivity contribution is -0.146. The number of benzene rings is 3. The molecular weight excluding hydrogens is 284 g/mol. The molecule has 0 saturated heterocycles. The first-order valence-electron chi connectivity index (χ1n) is 7.66. The van der Waals surface area contributed by atoms with Gasteiger partial charge in [0.2, 0.25) is 0 Å². The van der Waals surface area contributed by atoms with E-state index in [-0.39, 0.29) is 18.5 Å². The molecule has 0 spiro atoms. The third-order valence-electron chi connectivity index (χ3n) is 3.65. The van der Waals surface area contributed by atoms with Gasteiger partial charge >= 0.3 is 5.97 Å². The Morgan fingerprint density at radius 2 is 1.13 bits per heavy atom. The van der Waals surface area contributed by atoms with E-state index in [0.717, 1.165) is 16.7 Å². The highest BCUT2D eigenvalue weighted by atomic mass is 16.5. The minimum Gasteiger partial charge on any atom is -0.452 e. The van der Waals surface area contributed by atoms with Crippen LogP contribution in [0.1, 0.15) is 22.8 Å². The first-order valence-corrected chi connectivity index (χ1v) is 7.66. The summed E-state index contributed by atoms with van der Waals surface area (Å²) in [4.78, 5) is 12.3. The van der Waals surface area contributed by atoms with E-state index in [4.69, 9.17) is 4.74 Å². The van der Waals surface area contributed by atoms with Crippen molar-refractivity contribution in [1.29, 1.82) is 0 Å². The van der Waals surface area contributed by atoms with E-state index in [1.807, 2.05) is 91.0 Å². The zero-order valence-corrected chi connectivity index (χ0v) is 12.8. The van der Waals surface area contributed by atoms with Crippen LogP contribution in [0.5, 0.6) is 0 Å². The van der Waals surface area contributed by atoms with Crippen LogP contribution in [0.25, 0.3) is 0 Å². The van der Waals surface area contributed by atoms with Gasteiger partial charge in [-0.3, -0.25) is 4.79 Å². The molecule has 3 aromatic rings. The summed E-state index contributed by atoms with van der Waals surface area (Å²) in [7, 11) is 0. The van der Waals surface area contributed by atoms with E-state index >= 15 is 0 Å². The Morgan fingerprint density at radius 1 is 0.696 bits per heavy atom. The van der Waals surface area contributed by atoms with Crippen molar-refractivity contribution in [3.8, 4) is 0 Å². The number of hydrogen-bond donors (Lipinski definition) is 0. The molecule has 23 heavy (non-hydrogen) atoms. The van der Waals surface area contributed by atoms with E-state index in [1.54, 1.807) is 0 Å². The summed E-state index contributed by atoms with van der Waals surface area (Å²) in [6.07, 6.45) is -0.106. The molecule has 0 aliphatic rings. The first-order chi connectivity index (χ1) is 11.3. The van der Waals surface area contributed by atoms with Crippen molar-refractivity contribution in [2.24, 2.45) is 0 Å². The Morgan fingerprint density at radius 3 is 1.61 bits per heavy atom. The zero-order valence-electron chi connectivity index (χ0n) is 12.8. The predicted molar refractivity (Wildman–Crippen MR) is 91.0 cm³/mol. The minimum atomic E-state index is -0.381. The lowest BCUT2D eigenvalue weighted by Crippen LogP contribution is -2.14. The zero-order chi connectivity index (χ0) is 15.9. The molecule has 3 rings (SSSR count). The molecular formula is C21H18O2. The molecule has 0 bridgehead atoms. The number of carbonyl (C=O) groups excluding carboxylic acids is 1. The average Bonchev–Trinajstić information content (AvgIpc) is 2.62. The molecule has 0 aliphatic heterocycles. The molecule has 0 fully saturated rings. The van der Waals surface area contributed by atoms with Gasteiger partial charge in [0.1, 0.15) is 0 Å². The Bertz CT molecular complexity index is 697. The van der Waals surface area contributed by atoms with Gasteiger partial charge in [0.15, 0.2) is 6.10 Å². The third kappa shape index (κ3) is 4.07. The average molecular weight is 302 g/mol. The van der Waals surface area contributed by atoms with Crippen LogP contribution in [0, 0.1) is 0 Å².